The second-order valence-electron chi connectivity index (χ2n) is 6.44. The minimum Gasteiger partial charge on any atom is -0.308 e. The molecule has 1 atom stereocenters. The third-order valence-electron chi connectivity index (χ3n) is 3.79. The molecular formula is C15H26N2S. The van der Waals surface area contributed by atoms with Gasteiger partial charge in [0, 0.05) is 10.8 Å². The molecule has 102 valence electrons. The second-order valence-corrected chi connectivity index (χ2v) is 7.33. The van der Waals surface area contributed by atoms with E-state index >= 15 is 0 Å². The summed E-state index contributed by atoms with van der Waals surface area (Å²) in [5.74, 6) is 0.815. The first-order chi connectivity index (χ1) is 8.52. The van der Waals surface area contributed by atoms with Crippen LogP contribution in [0.1, 0.15) is 70.1 Å². The molecular weight excluding hydrogens is 240 g/mol. The van der Waals surface area contributed by atoms with Crippen LogP contribution in [-0.2, 0) is 5.41 Å². The van der Waals surface area contributed by atoms with E-state index in [1.54, 1.807) is 0 Å². The number of nitrogens with zero attached hydrogens (tertiary/aromatic N) is 1. The molecule has 3 heteroatoms. The fraction of sp³-hybridized carbons (Fsp3) is 0.800. The zero-order chi connectivity index (χ0) is 13.2. The Morgan fingerprint density at radius 2 is 2.17 bits per heavy atom. The lowest BCUT2D eigenvalue weighted by Gasteiger charge is -2.33. The van der Waals surface area contributed by atoms with Gasteiger partial charge in [0.25, 0.3) is 0 Å². The van der Waals surface area contributed by atoms with Crippen LogP contribution < -0.4 is 5.32 Å². The van der Waals surface area contributed by atoms with Crippen LogP contribution in [0.2, 0.25) is 0 Å². The van der Waals surface area contributed by atoms with E-state index in [0.717, 1.165) is 12.5 Å². The number of nitrogens with one attached hydrogen (secondary N) is 1. The molecule has 0 aliphatic heterocycles. The highest BCUT2D eigenvalue weighted by atomic mass is 32.1. The van der Waals surface area contributed by atoms with Crippen molar-refractivity contribution in [3.05, 3.63) is 16.1 Å². The Labute approximate surface area is 115 Å². The van der Waals surface area contributed by atoms with Crippen LogP contribution in [0, 0.1) is 5.92 Å². The fourth-order valence-electron chi connectivity index (χ4n) is 2.30. The maximum absolute atomic E-state index is 4.89. The van der Waals surface area contributed by atoms with Gasteiger partial charge in [0.1, 0.15) is 5.01 Å². The van der Waals surface area contributed by atoms with Gasteiger partial charge in [0.2, 0.25) is 0 Å². The Morgan fingerprint density at radius 3 is 2.61 bits per heavy atom. The topological polar surface area (TPSA) is 24.9 Å². The van der Waals surface area contributed by atoms with Crippen molar-refractivity contribution in [2.45, 2.75) is 64.8 Å². The highest BCUT2D eigenvalue weighted by molar-refractivity contribution is 7.09. The third-order valence-corrected chi connectivity index (χ3v) is 4.72. The van der Waals surface area contributed by atoms with Crippen molar-refractivity contribution in [1.82, 2.24) is 10.3 Å². The van der Waals surface area contributed by atoms with Gasteiger partial charge in [-0.3, -0.25) is 0 Å². The molecule has 0 aromatic carbocycles. The molecule has 1 aliphatic rings. The van der Waals surface area contributed by atoms with Gasteiger partial charge in [-0.15, -0.1) is 11.3 Å². The number of rotatable bonds is 5. The van der Waals surface area contributed by atoms with Crippen LogP contribution in [0.25, 0.3) is 0 Å². The molecule has 1 fully saturated rings. The smallest absolute Gasteiger partial charge is 0.110 e. The summed E-state index contributed by atoms with van der Waals surface area (Å²) < 4.78 is 0. The van der Waals surface area contributed by atoms with E-state index < -0.39 is 0 Å². The SMILES string of the molecule is CCCNC(c1nc(C(C)(C)C)cs1)C1CCC1. The lowest BCUT2D eigenvalue weighted by atomic mass is 9.80. The van der Waals surface area contributed by atoms with Crippen LogP contribution in [0.5, 0.6) is 0 Å². The van der Waals surface area contributed by atoms with Crippen LogP contribution in [0.3, 0.4) is 0 Å². The Morgan fingerprint density at radius 1 is 1.44 bits per heavy atom. The summed E-state index contributed by atoms with van der Waals surface area (Å²) in [5.41, 5.74) is 1.41. The van der Waals surface area contributed by atoms with Gasteiger partial charge in [-0.25, -0.2) is 4.98 Å². The van der Waals surface area contributed by atoms with Crippen LogP contribution in [0.4, 0.5) is 0 Å². The normalized spacial score (nSPS) is 18.7. The number of hydrogen-bond acceptors (Lipinski definition) is 3. The quantitative estimate of drug-likeness (QED) is 0.860. The van der Waals surface area contributed by atoms with Crippen LogP contribution in [-0.4, -0.2) is 11.5 Å². The molecule has 0 spiro atoms. The third kappa shape index (κ3) is 3.12. The van der Waals surface area contributed by atoms with Crippen molar-refractivity contribution in [1.29, 1.82) is 0 Å². The molecule has 0 saturated heterocycles. The van der Waals surface area contributed by atoms with E-state index in [2.05, 4.69) is 38.4 Å². The summed E-state index contributed by atoms with van der Waals surface area (Å²) in [5, 5.41) is 7.25. The lowest BCUT2D eigenvalue weighted by molar-refractivity contribution is 0.230. The molecule has 2 rings (SSSR count). The van der Waals surface area contributed by atoms with Crippen LogP contribution in [0.15, 0.2) is 5.38 Å². The summed E-state index contributed by atoms with van der Waals surface area (Å²) in [6.45, 7) is 10.1. The predicted octanol–water partition coefficient (Wildman–Crippen LogP) is 4.28. The average molecular weight is 266 g/mol. The largest absolute Gasteiger partial charge is 0.308 e. The van der Waals surface area contributed by atoms with E-state index in [1.165, 1.54) is 36.4 Å². The zero-order valence-electron chi connectivity index (χ0n) is 12.1. The minimum absolute atomic E-state index is 0.170. The fourth-order valence-corrected chi connectivity index (χ4v) is 3.52. The molecule has 1 saturated carbocycles. The Bertz CT molecular complexity index is 374. The Kier molecular flexibility index (Phi) is 4.44. The minimum atomic E-state index is 0.170. The van der Waals surface area contributed by atoms with Gasteiger partial charge in [-0.1, -0.05) is 34.1 Å². The van der Waals surface area contributed by atoms with Crippen molar-refractivity contribution in [3.8, 4) is 0 Å². The van der Waals surface area contributed by atoms with E-state index in [1.807, 2.05) is 11.3 Å². The number of hydrogen-bond donors (Lipinski definition) is 1. The summed E-state index contributed by atoms with van der Waals surface area (Å²) >= 11 is 1.84. The molecule has 1 aliphatic carbocycles. The summed E-state index contributed by atoms with van der Waals surface area (Å²) in [4.78, 5) is 4.89. The van der Waals surface area contributed by atoms with E-state index in [0.29, 0.717) is 6.04 Å². The molecule has 0 radical (unpaired) electrons. The van der Waals surface area contributed by atoms with Crippen molar-refractivity contribution in [2.24, 2.45) is 5.92 Å². The van der Waals surface area contributed by atoms with E-state index in [4.69, 9.17) is 4.98 Å². The van der Waals surface area contributed by atoms with Crippen molar-refractivity contribution < 1.29 is 0 Å². The second kappa shape index (κ2) is 5.70. The highest BCUT2D eigenvalue weighted by Crippen LogP contribution is 2.39. The molecule has 1 aromatic heterocycles. The first-order valence-electron chi connectivity index (χ1n) is 7.21. The molecule has 0 bridgehead atoms. The van der Waals surface area contributed by atoms with Gasteiger partial charge in [0.15, 0.2) is 0 Å². The maximum Gasteiger partial charge on any atom is 0.110 e. The molecule has 1 heterocycles. The summed E-state index contributed by atoms with van der Waals surface area (Å²) in [6, 6.07) is 0.500. The molecule has 2 nitrogen and oxygen atoms in total. The van der Waals surface area contributed by atoms with Crippen molar-refractivity contribution in [3.63, 3.8) is 0 Å². The lowest BCUT2D eigenvalue weighted by Crippen LogP contribution is -2.32. The first kappa shape index (κ1) is 14.0. The Balaban J connectivity index is 2.11. The van der Waals surface area contributed by atoms with Crippen LogP contribution >= 0.6 is 11.3 Å². The maximum atomic E-state index is 4.89. The van der Waals surface area contributed by atoms with Crippen molar-refractivity contribution in [2.75, 3.05) is 6.54 Å². The van der Waals surface area contributed by atoms with Gasteiger partial charge in [-0.05, 0) is 31.7 Å². The number of aromatic nitrogens is 1. The molecule has 18 heavy (non-hydrogen) atoms. The van der Waals surface area contributed by atoms with Gasteiger partial charge >= 0.3 is 0 Å². The zero-order valence-corrected chi connectivity index (χ0v) is 12.9. The number of thiazole rings is 1. The molecule has 1 aromatic rings. The first-order valence-corrected chi connectivity index (χ1v) is 8.09. The monoisotopic (exact) mass is 266 g/mol. The summed E-state index contributed by atoms with van der Waals surface area (Å²) in [6.07, 6.45) is 5.32. The molecule has 1 unspecified atom stereocenters. The predicted molar refractivity (Wildman–Crippen MR) is 79.2 cm³/mol. The highest BCUT2D eigenvalue weighted by Gasteiger charge is 2.30. The molecule has 1 N–H and O–H groups in total. The standard InChI is InChI=1S/C15H26N2S/c1-5-9-16-13(11-7-6-8-11)14-17-12(10-18-14)15(2,3)4/h10-11,13,16H,5-9H2,1-4H3. The molecule has 0 amide bonds. The van der Waals surface area contributed by atoms with Gasteiger partial charge < -0.3 is 5.32 Å². The summed E-state index contributed by atoms with van der Waals surface area (Å²) in [7, 11) is 0. The van der Waals surface area contributed by atoms with Crippen molar-refractivity contribution >= 4 is 11.3 Å². The van der Waals surface area contributed by atoms with Gasteiger partial charge in [-0.2, -0.15) is 0 Å². The van der Waals surface area contributed by atoms with E-state index in [9.17, 15) is 0 Å². The van der Waals surface area contributed by atoms with E-state index in [-0.39, 0.29) is 5.41 Å². The average Bonchev–Trinajstić information content (AvgIpc) is 2.69. The Hall–Kier alpha value is -0.410. The van der Waals surface area contributed by atoms with Gasteiger partial charge in [0.05, 0.1) is 11.7 Å².